The molecule has 0 radical (unpaired) electrons. The second kappa shape index (κ2) is 19.8. The first-order valence-corrected chi connectivity index (χ1v) is 29.3. The van der Waals surface area contributed by atoms with Crippen LogP contribution < -0.4 is 0 Å². The van der Waals surface area contributed by atoms with Crippen molar-refractivity contribution in [2.24, 2.45) is 71.0 Å². The third-order valence-electron chi connectivity index (χ3n) is 22.9. The van der Waals surface area contributed by atoms with Gasteiger partial charge in [-0.05, 0) is 174 Å². The first-order valence-electron chi connectivity index (χ1n) is 29.3. The fourth-order valence-corrected chi connectivity index (χ4v) is 20.7. The topological polar surface area (TPSA) is 6.48 Å². The quantitative estimate of drug-likeness (QED) is 0.241. The van der Waals surface area contributed by atoms with Gasteiger partial charge in [0.25, 0.3) is 0 Å². The van der Waals surface area contributed by atoms with Crippen LogP contribution in [0, 0.1) is 71.0 Å². The van der Waals surface area contributed by atoms with Crippen LogP contribution >= 0.6 is 0 Å². The van der Waals surface area contributed by atoms with Gasteiger partial charge in [-0.3, -0.25) is 9.80 Å². The van der Waals surface area contributed by atoms with E-state index in [1.54, 1.807) is 180 Å². The molecular weight excluding hydrogens is 725 g/mol. The first kappa shape index (κ1) is 42.5. The highest BCUT2D eigenvalue weighted by atomic mass is 15.2. The van der Waals surface area contributed by atoms with Crippen molar-refractivity contribution in [3.05, 3.63) is 0 Å². The molecule has 0 aromatic heterocycles. The molecule has 0 spiro atoms. The summed E-state index contributed by atoms with van der Waals surface area (Å²) in [5.74, 6) is 12.9. The van der Waals surface area contributed by atoms with Gasteiger partial charge in [0.2, 0.25) is 0 Å². The zero-order chi connectivity index (χ0) is 39.8. The molecule has 11 saturated carbocycles. The van der Waals surface area contributed by atoms with Crippen LogP contribution in [-0.2, 0) is 0 Å². The van der Waals surface area contributed by atoms with Crippen molar-refractivity contribution in [2.45, 2.75) is 293 Å². The Morgan fingerprint density at radius 2 is 0.483 bits per heavy atom. The number of hydrogen-bond donors (Lipinski definition) is 0. The van der Waals surface area contributed by atoms with Gasteiger partial charge in [0.1, 0.15) is 0 Å². The molecule has 11 rings (SSSR count). The maximum atomic E-state index is 3.44. The van der Waals surface area contributed by atoms with Crippen LogP contribution in [0.1, 0.15) is 257 Å². The molecule has 14 atom stereocenters. The third-order valence-corrected chi connectivity index (χ3v) is 22.9. The van der Waals surface area contributed by atoms with Gasteiger partial charge in [-0.1, -0.05) is 154 Å². The van der Waals surface area contributed by atoms with Crippen molar-refractivity contribution < 1.29 is 0 Å². The summed E-state index contributed by atoms with van der Waals surface area (Å²) in [6.45, 7) is 0. The van der Waals surface area contributed by atoms with Gasteiger partial charge in [0.15, 0.2) is 0 Å². The average molecular weight is 823 g/mol. The second-order valence-electron chi connectivity index (χ2n) is 25.6. The van der Waals surface area contributed by atoms with E-state index < -0.39 is 0 Å². The average Bonchev–Trinajstić information content (AvgIpc) is 3.32. The molecule has 0 aromatic rings. The minimum atomic E-state index is 0.919. The summed E-state index contributed by atoms with van der Waals surface area (Å²) in [6.07, 6.45) is 62.7. The highest BCUT2D eigenvalue weighted by molar-refractivity contribution is 5.09. The summed E-state index contributed by atoms with van der Waals surface area (Å²) in [4.78, 5) is 6.89. The molecule has 2 nitrogen and oxygen atoms in total. The molecule has 60 heavy (non-hydrogen) atoms. The zero-order valence-corrected chi connectivity index (χ0v) is 39.6. The highest BCUT2D eigenvalue weighted by Crippen LogP contribution is 2.63. The third kappa shape index (κ3) is 8.81. The summed E-state index contributed by atoms with van der Waals surface area (Å²) in [7, 11) is 0. The van der Waals surface area contributed by atoms with E-state index in [4.69, 9.17) is 0 Å². The molecule has 11 aliphatic carbocycles. The standard InChI is InChI=1S/C58H98N2/c1-5-19-43(20-6-1)57-53-35-33-52(60(48-27-11-4-12-28-48)50-32-30-42-18-14-16-24-46(42)38-50)40-56(53)58(44-21-7-2-8-22-44)54-36-34-51(39-55(54)57)59(47-25-9-3-10-26-47)49-31-29-41-17-13-15-23-45(41)37-49/h41-58H,1-40H2. The zero-order valence-electron chi connectivity index (χ0n) is 39.6. The largest absolute Gasteiger partial charge is 0.294 e. The molecule has 0 aliphatic heterocycles. The highest BCUT2D eigenvalue weighted by Gasteiger charge is 2.58. The molecular formula is C58H98N2. The SMILES string of the molecule is C1CCC(C2C3CCC(N(C4CCCCC4)C4CCC5CCCCC5C4)CC3C(C3CCCCC3)C3CCC(N(C4CCCCC4)C4CCC5CCCCC5C4)CC32)CC1. The van der Waals surface area contributed by atoms with Crippen molar-refractivity contribution in [2.75, 3.05) is 0 Å². The van der Waals surface area contributed by atoms with Crippen molar-refractivity contribution in [1.82, 2.24) is 9.80 Å². The fraction of sp³-hybridized carbons (Fsp3) is 1.00. The van der Waals surface area contributed by atoms with E-state index in [1.807, 2.05) is 0 Å². The summed E-state index contributed by atoms with van der Waals surface area (Å²) < 4.78 is 0. The molecule has 11 fully saturated rings. The Morgan fingerprint density at radius 1 is 0.183 bits per heavy atom. The van der Waals surface area contributed by atoms with E-state index in [2.05, 4.69) is 9.80 Å². The van der Waals surface area contributed by atoms with Gasteiger partial charge in [0.05, 0.1) is 0 Å². The number of rotatable bonds is 8. The smallest absolute Gasteiger partial charge is 0.0104 e. The van der Waals surface area contributed by atoms with Gasteiger partial charge >= 0.3 is 0 Å². The lowest BCUT2D eigenvalue weighted by atomic mass is 9.44. The molecule has 0 bridgehead atoms. The van der Waals surface area contributed by atoms with Crippen molar-refractivity contribution in [3.8, 4) is 0 Å². The Hall–Kier alpha value is -0.0800. The lowest BCUT2D eigenvalue weighted by Crippen LogP contribution is -2.61. The predicted octanol–water partition coefficient (Wildman–Crippen LogP) is 15.9. The summed E-state index contributed by atoms with van der Waals surface area (Å²) in [5, 5.41) is 0. The Labute approximate surface area is 372 Å². The molecule has 0 aromatic carbocycles. The fourth-order valence-electron chi connectivity index (χ4n) is 20.7. The number of fused-ring (bicyclic) bond motifs is 4. The van der Waals surface area contributed by atoms with Crippen LogP contribution in [0.25, 0.3) is 0 Å². The minimum absolute atomic E-state index is 0.919. The Morgan fingerprint density at radius 3 is 0.883 bits per heavy atom. The molecule has 0 amide bonds. The van der Waals surface area contributed by atoms with Gasteiger partial charge < -0.3 is 0 Å². The van der Waals surface area contributed by atoms with Crippen molar-refractivity contribution >= 4 is 0 Å². The maximum Gasteiger partial charge on any atom is 0.0104 e. The van der Waals surface area contributed by atoms with Crippen LogP contribution in [0.15, 0.2) is 0 Å². The van der Waals surface area contributed by atoms with Gasteiger partial charge in [-0.25, -0.2) is 0 Å². The summed E-state index contributed by atoms with van der Waals surface area (Å²) >= 11 is 0. The number of hydrogen-bond acceptors (Lipinski definition) is 2. The van der Waals surface area contributed by atoms with Crippen LogP contribution in [0.5, 0.6) is 0 Å². The molecule has 0 heterocycles. The van der Waals surface area contributed by atoms with Gasteiger partial charge in [-0.2, -0.15) is 0 Å². The summed E-state index contributed by atoms with van der Waals surface area (Å²) in [6, 6.07) is 5.54. The maximum absolute atomic E-state index is 3.44. The minimum Gasteiger partial charge on any atom is -0.294 e. The monoisotopic (exact) mass is 823 g/mol. The molecule has 14 unspecified atom stereocenters. The Balaban J connectivity index is 0.905. The van der Waals surface area contributed by atoms with E-state index >= 15 is 0 Å². The van der Waals surface area contributed by atoms with Crippen LogP contribution in [0.3, 0.4) is 0 Å². The van der Waals surface area contributed by atoms with Crippen LogP contribution in [-0.4, -0.2) is 46.1 Å². The Kier molecular flexibility index (Phi) is 14.0. The normalized spacial score (nSPS) is 45.7. The first-order chi connectivity index (χ1) is 29.8. The van der Waals surface area contributed by atoms with Crippen LogP contribution in [0.4, 0.5) is 0 Å². The predicted molar refractivity (Wildman–Crippen MR) is 253 cm³/mol. The van der Waals surface area contributed by atoms with E-state index in [1.165, 1.54) is 77.0 Å². The molecule has 340 valence electrons. The lowest BCUT2D eigenvalue weighted by molar-refractivity contribution is -0.144. The van der Waals surface area contributed by atoms with Gasteiger partial charge in [0, 0.05) is 36.3 Å². The summed E-state index contributed by atoms with van der Waals surface area (Å²) in [5.41, 5.74) is 0. The Bertz CT molecular complexity index is 1220. The molecule has 0 N–H and O–H groups in total. The van der Waals surface area contributed by atoms with Gasteiger partial charge in [-0.15, -0.1) is 0 Å². The van der Waals surface area contributed by atoms with E-state index in [0.717, 1.165) is 107 Å². The van der Waals surface area contributed by atoms with Crippen molar-refractivity contribution in [1.29, 1.82) is 0 Å². The second-order valence-corrected chi connectivity index (χ2v) is 25.6. The lowest BCUT2D eigenvalue weighted by Gasteiger charge is -2.63. The van der Waals surface area contributed by atoms with E-state index in [9.17, 15) is 0 Å². The molecule has 2 heteroatoms. The molecule has 11 aliphatic rings. The van der Waals surface area contributed by atoms with E-state index in [-0.39, 0.29) is 0 Å². The molecule has 0 saturated heterocycles. The van der Waals surface area contributed by atoms with Crippen molar-refractivity contribution in [3.63, 3.8) is 0 Å². The number of nitrogens with zero attached hydrogens (tertiary/aromatic N) is 2. The van der Waals surface area contributed by atoms with E-state index in [0.29, 0.717) is 0 Å². The van der Waals surface area contributed by atoms with Crippen LogP contribution in [0.2, 0.25) is 0 Å².